The van der Waals surface area contributed by atoms with Gasteiger partial charge in [0.05, 0.1) is 0 Å². The van der Waals surface area contributed by atoms with E-state index in [1.54, 1.807) is 11.4 Å². The van der Waals surface area contributed by atoms with Gasteiger partial charge < -0.3 is 16.0 Å². The van der Waals surface area contributed by atoms with Crippen LogP contribution in [0.2, 0.25) is 0 Å². The van der Waals surface area contributed by atoms with E-state index in [4.69, 9.17) is 0 Å². The summed E-state index contributed by atoms with van der Waals surface area (Å²) in [6.45, 7) is 2.60. The molecule has 1 aliphatic rings. The summed E-state index contributed by atoms with van der Waals surface area (Å²) < 4.78 is 26.8. The first-order valence-corrected chi connectivity index (χ1v) is 9.01. The van der Waals surface area contributed by atoms with Gasteiger partial charge in [-0.1, -0.05) is 6.07 Å². The quantitative estimate of drug-likeness (QED) is 0.665. The highest BCUT2D eigenvalue weighted by Gasteiger charge is 2.29. The molecule has 2 unspecified atom stereocenters. The molecule has 0 radical (unpaired) electrons. The van der Waals surface area contributed by atoms with Gasteiger partial charge in [-0.05, 0) is 30.7 Å². The number of amides is 2. The third kappa shape index (κ3) is 5.84. The molecule has 6 nitrogen and oxygen atoms in total. The Labute approximate surface area is 177 Å². The number of carbonyl (C=O) groups is 2. The number of piperidine rings is 1. The Morgan fingerprint density at radius 3 is 2.68 bits per heavy atom. The molecule has 1 aromatic heterocycles. The van der Waals surface area contributed by atoms with Gasteiger partial charge in [0, 0.05) is 30.8 Å². The van der Waals surface area contributed by atoms with Gasteiger partial charge in [-0.2, -0.15) is 0 Å². The van der Waals surface area contributed by atoms with E-state index < -0.39 is 11.6 Å². The zero-order valence-electron chi connectivity index (χ0n) is 14.8. The zero-order chi connectivity index (χ0) is 18.7. The van der Waals surface area contributed by atoms with E-state index in [9.17, 15) is 18.4 Å². The van der Waals surface area contributed by atoms with Crippen LogP contribution in [-0.2, 0) is 4.79 Å². The molecule has 3 N–H and O–H groups in total. The normalized spacial score (nSPS) is 18.4. The van der Waals surface area contributed by atoms with Crippen LogP contribution in [-0.4, -0.2) is 35.9 Å². The number of aromatic nitrogens is 1. The van der Waals surface area contributed by atoms with Crippen LogP contribution < -0.4 is 16.0 Å². The van der Waals surface area contributed by atoms with Crippen LogP contribution in [0.15, 0.2) is 23.6 Å². The fraction of sp³-hybridized carbons (Fsp3) is 0.353. The van der Waals surface area contributed by atoms with E-state index in [-0.39, 0.29) is 54.3 Å². The van der Waals surface area contributed by atoms with Crippen molar-refractivity contribution in [1.82, 2.24) is 15.6 Å². The van der Waals surface area contributed by atoms with E-state index in [0.717, 1.165) is 23.9 Å². The molecule has 154 valence electrons. The Morgan fingerprint density at radius 2 is 2.00 bits per heavy atom. The van der Waals surface area contributed by atoms with Gasteiger partial charge in [0.2, 0.25) is 5.91 Å². The maximum Gasteiger partial charge on any atom is 0.271 e. The largest absolute Gasteiger partial charge is 0.346 e. The number of carbonyl (C=O) groups excluding carboxylic acids is 2. The molecule has 11 heteroatoms. The van der Waals surface area contributed by atoms with E-state index >= 15 is 0 Å². The van der Waals surface area contributed by atoms with Gasteiger partial charge in [-0.25, -0.2) is 13.8 Å². The maximum absolute atomic E-state index is 13.6. The molecular formula is C17H20Cl2F2N4O2S. The average Bonchev–Trinajstić information content (AvgIpc) is 3.06. The van der Waals surface area contributed by atoms with Crippen LogP contribution in [0.25, 0.3) is 0 Å². The predicted octanol–water partition coefficient (Wildman–Crippen LogP) is 3.10. The molecule has 28 heavy (non-hydrogen) atoms. The lowest BCUT2D eigenvalue weighted by Gasteiger charge is -2.33. The molecule has 2 amide bonds. The molecule has 1 saturated heterocycles. The third-order valence-corrected chi connectivity index (χ3v) is 4.95. The minimum Gasteiger partial charge on any atom is -0.346 e. The van der Waals surface area contributed by atoms with Crippen molar-refractivity contribution >= 4 is 53.1 Å². The molecule has 1 fully saturated rings. The molecule has 0 aliphatic carbocycles. The predicted molar refractivity (Wildman–Crippen MR) is 109 cm³/mol. The fourth-order valence-electron chi connectivity index (χ4n) is 2.98. The first kappa shape index (κ1) is 24.2. The van der Waals surface area contributed by atoms with Crippen molar-refractivity contribution in [3.05, 3.63) is 46.5 Å². The van der Waals surface area contributed by atoms with Gasteiger partial charge in [0.25, 0.3) is 5.91 Å². The van der Waals surface area contributed by atoms with Gasteiger partial charge in [-0.15, -0.1) is 36.2 Å². The summed E-state index contributed by atoms with van der Waals surface area (Å²) in [7, 11) is 0. The standard InChI is InChI=1S/C17H18F2N4O2S.2ClH/c1-9(24)21-17-23-15(8-26-17)16(25)22-14-7-20-5-4-11(14)10-2-3-12(18)13(19)6-10;;/h2-3,6,8,11,14,20H,4-5,7H2,1H3,(H,22,25)(H,21,23,24);2*1H. The summed E-state index contributed by atoms with van der Waals surface area (Å²) in [4.78, 5) is 27.6. The summed E-state index contributed by atoms with van der Waals surface area (Å²) in [5, 5.41) is 10.5. The van der Waals surface area contributed by atoms with Crippen LogP contribution in [0.1, 0.15) is 35.3 Å². The lowest BCUT2D eigenvalue weighted by molar-refractivity contribution is -0.114. The van der Waals surface area contributed by atoms with Crippen LogP contribution in [0.3, 0.4) is 0 Å². The third-order valence-electron chi connectivity index (χ3n) is 4.19. The first-order valence-electron chi connectivity index (χ1n) is 8.13. The van der Waals surface area contributed by atoms with Crippen LogP contribution in [0, 0.1) is 11.6 Å². The highest BCUT2D eigenvalue weighted by molar-refractivity contribution is 7.14. The first-order chi connectivity index (χ1) is 12.4. The lowest BCUT2D eigenvalue weighted by Crippen LogP contribution is -2.50. The van der Waals surface area contributed by atoms with Gasteiger partial charge in [-0.3, -0.25) is 9.59 Å². The molecule has 0 saturated carbocycles. The number of nitrogens with one attached hydrogen (secondary N) is 3. The summed E-state index contributed by atoms with van der Waals surface area (Å²) in [6.07, 6.45) is 0.685. The van der Waals surface area contributed by atoms with Crippen molar-refractivity contribution < 1.29 is 18.4 Å². The molecule has 3 rings (SSSR count). The molecule has 1 aromatic carbocycles. The minimum absolute atomic E-state index is 0. The van der Waals surface area contributed by atoms with Crippen molar-refractivity contribution in [1.29, 1.82) is 0 Å². The van der Waals surface area contributed by atoms with Crippen molar-refractivity contribution in [2.45, 2.75) is 25.3 Å². The van der Waals surface area contributed by atoms with Crippen molar-refractivity contribution in [3.63, 3.8) is 0 Å². The number of benzene rings is 1. The number of rotatable bonds is 4. The van der Waals surface area contributed by atoms with E-state index in [1.165, 1.54) is 13.0 Å². The smallest absolute Gasteiger partial charge is 0.271 e. The van der Waals surface area contributed by atoms with Crippen molar-refractivity contribution in [2.24, 2.45) is 0 Å². The van der Waals surface area contributed by atoms with Gasteiger partial charge in [0.1, 0.15) is 5.69 Å². The summed E-state index contributed by atoms with van der Waals surface area (Å²) in [5.74, 6) is -2.56. The van der Waals surface area contributed by atoms with Gasteiger partial charge in [0.15, 0.2) is 16.8 Å². The Balaban J connectivity index is 0.00000196. The molecule has 0 bridgehead atoms. The number of hydrogen-bond acceptors (Lipinski definition) is 5. The monoisotopic (exact) mass is 452 g/mol. The number of thiazole rings is 1. The highest BCUT2D eigenvalue weighted by Crippen LogP contribution is 2.27. The topological polar surface area (TPSA) is 83.1 Å². The maximum atomic E-state index is 13.6. The molecule has 2 aromatic rings. The Kier molecular flexibility index (Phi) is 9.22. The fourth-order valence-corrected chi connectivity index (χ4v) is 3.72. The molecule has 2 heterocycles. The van der Waals surface area contributed by atoms with Crippen molar-refractivity contribution in [3.8, 4) is 0 Å². The Hall–Kier alpha value is -1.81. The average molecular weight is 453 g/mol. The number of halogens is 4. The summed E-state index contributed by atoms with van der Waals surface area (Å²) >= 11 is 1.16. The Morgan fingerprint density at radius 1 is 1.25 bits per heavy atom. The second-order valence-electron chi connectivity index (χ2n) is 6.07. The highest BCUT2D eigenvalue weighted by atomic mass is 35.5. The molecule has 1 aliphatic heterocycles. The minimum atomic E-state index is -0.898. The van der Waals surface area contributed by atoms with E-state index in [2.05, 4.69) is 20.9 Å². The zero-order valence-corrected chi connectivity index (χ0v) is 17.3. The molecule has 0 spiro atoms. The van der Waals surface area contributed by atoms with E-state index in [1.807, 2.05) is 0 Å². The number of hydrogen-bond donors (Lipinski definition) is 3. The molecule has 2 atom stereocenters. The van der Waals surface area contributed by atoms with Crippen LogP contribution in [0.4, 0.5) is 13.9 Å². The van der Waals surface area contributed by atoms with Crippen molar-refractivity contribution in [2.75, 3.05) is 18.4 Å². The van der Waals surface area contributed by atoms with Crippen LogP contribution >= 0.6 is 36.2 Å². The summed E-state index contributed by atoms with van der Waals surface area (Å²) in [5.41, 5.74) is 0.848. The van der Waals surface area contributed by atoms with E-state index in [0.29, 0.717) is 23.7 Å². The van der Waals surface area contributed by atoms with Gasteiger partial charge >= 0.3 is 0 Å². The molecular weight excluding hydrogens is 433 g/mol. The second-order valence-corrected chi connectivity index (χ2v) is 6.93. The number of anilines is 1. The SMILES string of the molecule is CC(=O)Nc1nc(C(=O)NC2CNCCC2c2ccc(F)c(F)c2)cs1.Cl.Cl. The summed E-state index contributed by atoms with van der Waals surface area (Å²) in [6, 6.07) is 3.55. The second kappa shape index (κ2) is 10.7. The lowest BCUT2D eigenvalue weighted by atomic mass is 9.86. The Bertz CT molecular complexity index is 837. The number of nitrogens with zero attached hydrogens (tertiary/aromatic N) is 1. The van der Waals surface area contributed by atoms with Crippen LogP contribution in [0.5, 0.6) is 0 Å².